The molecule has 0 spiro atoms. The molecule has 0 aliphatic carbocycles. The molecular weight excluding hydrogens is 661 g/mol. The van der Waals surface area contributed by atoms with Crippen molar-refractivity contribution in [2.45, 2.75) is 0 Å². The van der Waals surface area contributed by atoms with Crippen LogP contribution in [0.1, 0.15) is 0 Å². The van der Waals surface area contributed by atoms with Crippen molar-refractivity contribution in [3.8, 4) is 67.4 Å². The largest absolute Gasteiger partial charge is 0.264 e. The van der Waals surface area contributed by atoms with Crippen molar-refractivity contribution < 1.29 is 0 Å². The van der Waals surface area contributed by atoms with Crippen LogP contribution in [0.25, 0.3) is 99.9 Å². The minimum Gasteiger partial charge on any atom is -0.264 e. The molecule has 0 aliphatic rings. The summed E-state index contributed by atoms with van der Waals surface area (Å²) in [6, 6.07) is 50.7. The molecule has 0 aliphatic heterocycles. The number of nitrogens with zero attached hydrogens (tertiary/aromatic N) is 6. The van der Waals surface area contributed by atoms with Crippen molar-refractivity contribution in [2.24, 2.45) is 0 Å². The maximum atomic E-state index is 5.35. The van der Waals surface area contributed by atoms with Crippen molar-refractivity contribution in [1.29, 1.82) is 0 Å². The van der Waals surface area contributed by atoms with Gasteiger partial charge in [0, 0.05) is 70.4 Å². The third-order valence-corrected chi connectivity index (χ3v) is 9.92. The van der Waals surface area contributed by atoms with E-state index in [0.717, 1.165) is 72.5 Å². The number of benzene rings is 5. The molecule has 0 fully saturated rings. The highest BCUT2D eigenvalue weighted by Crippen LogP contribution is 2.40. The molecule has 6 nitrogen and oxygen atoms in total. The molecule has 10 rings (SSSR count). The molecule has 0 bridgehead atoms. The van der Waals surface area contributed by atoms with Gasteiger partial charge in [-0.15, -0.1) is 0 Å². The average molecular weight is 691 g/mol. The highest BCUT2D eigenvalue weighted by Gasteiger charge is 2.19. The van der Waals surface area contributed by atoms with Crippen molar-refractivity contribution in [1.82, 2.24) is 29.9 Å². The SMILES string of the molecule is c1cncc(-c2ccc(-c3nc(-c4ccc(-c5cccnc5)nc4)c4cc(-c5ccc6ccccc6c5)cc(-c5ccc6ccccc6c5)c4n3)cn2)c1. The Morgan fingerprint density at radius 1 is 0.352 bits per heavy atom. The smallest absolute Gasteiger partial charge is 0.162 e. The lowest BCUT2D eigenvalue weighted by molar-refractivity contribution is 1.20. The van der Waals surface area contributed by atoms with E-state index in [9.17, 15) is 0 Å². The predicted molar refractivity (Wildman–Crippen MR) is 218 cm³/mol. The topological polar surface area (TPSA) is 77.3 Å². The van der Waals surface area contributed by atoms with Crippen LogP contribution < -0.4 is 0 Å². The van der Waals surface area contributed by atoms with Crippen molar-refractivity contribution in [2.75, 3.05) is 0 Å². The fourth-order valence-corrected chi connectivity index (χ4v) is 7.12. The fourth-order valence-electron chi connectivity index (χ4n) is 7.12. The third-order valence-electron chi connectivity index (χ3n) is 9.92. The number of aromatic nitrogens is 6. The summed E-state index contributed by atoms with van der Waals surface area (Å²) in [5.41, 5.74) is 11.2. The van der Waals surface area contributed by atoms with E-state index in [0.29, 0.717) is 5.82 Å². The van der Waals surface area contributed by atoms with E-state index in [4.69, 9.17) is 19.9 Å². The van der Waals surface area contributed by atoms with Gasteiger partial charge in [-0.1, -0.05) is 72.8 Å². The van der Waals surface area contributed by atoms with E-state index in [1.54, 1.807) is 12.4 Å². The van der Waals surface area contributed by atoms with Crippen molar-refractivity contribution in [3.63, 3.8) is 0 Å². The molecule has 6 heteroatoms. The van der Waals surface area contributed by atoms with Crippen LogP contribution >= 0.6 is 0 Å². The van der Waals surface area contributed by atoms with Crippen molar-refractivity contribution in [3.05, 3.63) is 183 Å². The van der Waals surface area contributed by atoms with Crippen LogP contribution in [0.15, 0.2) is 183 Å². The van der Waals surface area contributed by atoms with Gasteiger partial charge in [0.25, 0.3) is 0 Å². The van der Waals surface area contributed by atoms with Gasteiger partial charge in [-0.25, -0.2) is 9.97 Å². The highest BCUT2D eigenvalue weighted by molar-refractivity contribution is 6.06. The molecule has 0 radical (unpaired) electrons. The minimum absolute atomic E-state index is 0.583. The second-order valence-electron chi connectivity index (χ2n) is 13.3. The standard InChI is InChI=1S/C48H30N6/c1-3-9-33-23-35(15-13-31(33)7-1)41-25-42(36-16-14-32-8-2-4-10-34(32)24-36)47-43(26-41)46(39-17-19-44(51-29-39)37-11-5-21-49-27-37)53-48(54-47)40-18-20-45(52-30-40)38-12-6-22-50-28-38/h1-30H. The minimum atomic E-state index is 0.583. The molecule has 10 aromatic rings. The normalized spacial score (nSPS) is 11.3. The molecule has 0 amide bonds. The number of hydrogen-bond acceptors (Lipinski definition) is 6. The van der Waals surface area contributed by atoms with Gasteiger partial charge in [-0.05, 0) is 111 Å². The third kappa shape index (κ3) is 5.82. The van der Waals surface area contributed by atoms with Crippen molar-refractivity contribution >= 4 is 32.4 Å². The first-order valence-electron chi connectivity index (χ1n) is 17.8. The van der Waals surface area contributed by atoms with Crippen LogP contribution in [0.2, 0.25) is 0 Å². The lowest BCUT2D eigenvalue weighted by Crippen LogP contribution is -1.99. The van der Waals surface area contributed by atoms with E-state index in [-0.39, 0.29) is 0 Å². The molecule has 0 saturated heterocycles. The fraction of sp³-hybridized carbons (Fsp3) is 0. The summed E-state index contributed by atoms with van der Waals surface area (Å²) in [5.74, 6) is 0.583. The van der Waals surface area contributed by atoms with Gasteiger partial charge in [-0.2, -0.15) is 0 Å². The number of rotatable bonds is 6. The quantitative estimate of drug-likeness (QED) is 0.173. The van der Waals surface area contributed by atoms with Gasteiger partial charge in [0.1, 0.15) is 0 Å². The zero-order valence-corrected chi connectivity index (χ0v) is 29.0. The van der Waals surface area contributed by atoms with Crippen LogP contribution in [-0.2, 0) is 0 Å². The highest BCUT2D eigenvalue weighted by atomic mass is 14.9. The summed E-state index contributed by atoms with van der Waals surface area (Å²) in [7, 11) is 0. The van der Waals surface area contributed by atoms with Gasteiger partial charge < -0.3 is 0 Å². The number of pyridine rings is 4. The summed E-state index contributed by atoms with van der Waals surface area (Å²) in [6.45, 7) is 0. The van der Waals surface area contributed by atoms with E-state index < -0.39 is 0 Å². The molecule has 0 atom stereocenters. The Balaban J connectivity index is 1.23. The van der Waals surface area contributed by atoms with Gasteiger partial charge in [0.15, 0.2) is 5.82 Å². The van der Waals surface area contributed by atoms with E-state index in [1.165, 1.54) is 21.5 Å². The maximum absolute atomic E-state index is 5.35. The first-order chi connectivity index (χ1) is 26.7. The summed E-state index contributed by atoms with van der Waals surface area (Å²) in [6.07, 6.45) is 10.9. The first-order valence-corrected chi connectivity index (χ1v) is 17.8. The summed E-state index contributed by atoms with van der Waals surface area (Å²) in [5, 5.41) is 5.68. The van der Waals surface area contributed by atoms with E-state index >= 15 is 0 Å². The zero-order valence-electron chi connectivity index (χ0n) is 29.0. The lowest BCUT2D eigenvalue weighted by Gasteiger charge is -2.16. The second kappa shape index (κ2) is 13.3. The summed E-state index contributed by atoms with van der Waals surface area (Å²) >= 11 is 0. The second-order valence-corrected chi connectivity index (χ2v) is 13.3. The van der Waals surface area contributed by atoms with Crippen LogP contribution in [0.4, 0.5) is 0 Å². The van der Waals surface area contributed by atoms with Crippen LogP contribution in [0.3, 0.4) is 0 Å². The maximum Gasteiger partial charge on any atom is 0.162 e. The molecule has 5 aromatic heterocycles. The molecule has 5 aromatic carbocycles. The Morgan fingerprint density at radius 2 is 0.926 bits per heavy atom. The van der Waals surface area contributed by atoms with Gasteiger partial charge in [-0.3, -0.25) is 19.9 Å². The summed E-state index contributed by atoms with van der Waals surface area (Å²) < 4.78 is 0. The van der Waals surface area contributed by atoms with Gasteiger partial charge in [0.05, 0.1) is 22.6 Å². The summed E-state index contributed by atoms with van der Waals surface area (Å²) in [4.78, 5) is 28.9. The Bertz CT molecular complexity index is 2960. The van der Waals surface area contributed by atoms with Crippen LogP contribution in [0, 0.1) is 0 Å². The van der Waals surface area contributed by atoms with E-state index in [2.05, 4.69) is 113 Å². The zero-order chi connectivity index (χ0) is 35.8. The molecule has 54 heavy (non-hydrogen) atoms. The monoisotopic (exact) mass is 690 g/mol. The molecule has 5 heterocycles. The molecule has 0 unspecified atom stereocenters. The Morgan fingerprint density at radius 3 is 1.52 bits per heavy atom. The Labute approximate surface area is 311 Å². The van der Waals surface area contributed by atoms with Crippen LogP contribution in [0.5, 0.6) is 0 Å². The van der Waals surface area contributed by atoms with Crippen LogP contribution in [-0.4, -0.2) is 29.9 Å². The average Bonchev–Trinajstić information content (AvgIpc) is 3.26. The molecule has 252 valence electrons. The van der Waals surface area contributed by atoms with Gasteiger partial charge >= 0.3 is 0 Å². The molecular formula is C48H30N6. The van der Waals surface area contributed by atoms with Gasteiger partial charge in [0.2, 0.25) is 0 Å². The lowest BCUT2D eigenvalue weighted by atomic mass is 9.92. The Hall–Kier alpha value is -7.44. The Kier molecular flexibility index (Phi) is 7.69. The predicted octanol–water partition coefficient (Wildman–Crippen LogP) is 11.5. The first kappa shape index (κ1) is 31.3. The van der Waals surface area contributed by atoms with E-state index in [1.807, 2.05) is 67.3 Å². The number of fused-ring (bicyclic) bond motifs is 3. The number of hydrogen-bond donors (Lipinski definition) is 0. The molecule has 0 saturated carbocycles. The molecule has 0 N–H and O–H groups in total.